The van der Waals surface area contributed by atoms with Crippen LogP contribution in [0.1, 0.15) is 51.1 Å². The molecule has 0 spiro atoms. The first-order valence-corrected chi connectivity index (χ1v) is 8.14. The van der Waals surface area contributed by atoms with Crippen LogP contribution in [0.3, 0.4) is 0 Å². The van der Waals surface area contributed by atoms with E-state index in [0.717, 1.165) is 11.7 Å². The fourth-order valence-electron chi connectivity index (χ4n) is 3.61. The van der Waals surface area contributed by atoms with Crippen LogP contribution in [0, 0.1) is 5.92 Å². The monoisotopic (exact) mass is 290 g/mol. The first kappa shape index (κ1) is 16.3. The van der Waals surface area contributed by atoms with Crippen LogP contribution in [0.25, 0.3) is 0 Å². The van der Waals surface area contributed by atoms with Gasteiger partial charge in [0.15, 0.2) is 0 Å². The van der Waals surface area contributed by atoms with Crippen molar-refractivity contribution in [2.75, 3.05) is 14.2 Å². The third-order valence-corrected chi connectivity index (χ3v) is 4.93. The Bertz CT molecular complexity index is 439. The average molecular weight is 290 g/mol. The molecule has 1 fully saturated rings. The summed E-state index contributed by atoms with van der Waals surface area (Å²) >= 11 is 0. The highest BCUT2D eigenvalue weighted by Gasteiger charge is 2.29. The van der Waals surface area contributed by atoms with Gasteiger partial charge in [-0.15, -0.1) is 0 Å². The van der Waals surface area contributed by atoms with E-state index in [4.69, 9.17) is 10.5 Å². The molecule has 0 aromatic heterocycles. The second-order valence-corrected chi connectivity index (χ2v) is 6.66. The van der Waals surface area contributed by atoms with Crippen molar-refractivity contribution in [3.8, 4) is 5.75 Å². The molecule has 0 saturated heterocycles. The molecule has 1 aromatic carbocycles. The Morgan fingerprint density at radius 3 is 2.48 bits per heavy atom. The van der Waals surface area contributed by atoms with Gasteiger partial charge in [0.2, 0.25) is 0 Å². The summed E-state index contributed by atoms with van der Waals surface area (Å²) in [6.45, 7) is 4.47. The number of hydrogen-bond donors (Lipinski definition) is 1. The van der Waals surface area contributed by atoms with Crippen LogP contribution >= 0.6 is 0 Å². The fraction of sp³-hybridized carbons (Fsp3) is 0.667. The number of benzene rings is 1. The minimum atomic E-state index is 0.0986. The van der Waals surface area contributed by atoms with Crippen molar-refractivity contribution in [2.24, 2.45) is 11.7 Å². The van der Waals surface area contributed by atoms with Crippen molar-refractivity contribution in [2.45, 2.75) is 57.7 Å². The second kappa shape index (κ2) is 7.28. The van der Waals surface area contributed by atoms with E-state index in [2.05, 4.69) is 44.0 Å². The zero-order valence-corrected chi connectivity index (χ0v) is 13.9. The van der Waals surface area contributed by atoms with Gasteiger partial charge >= 0.3 is 0 Å². The third-order valence-electron chi connectivity index (χ3n) is 4.93. The minimum absolute atomic E-state index is 0.0986. The van der Waals surface area contributed by atoms with E-state index in [1.165, 1.54) is 31.2 Å². The summed E-state index contributed by atoms with van der Waals surface area (Å²) in [5, 5.41) is 0. The Kier molecular flexibility index (Phi) is 5.65. The molecule has 2 rings (SSSR count). The zero-order valence-electron chi connectivity index (χ0n) is 13.9. The summed E-state index contributed by atoms with van der Waals surface area (Å²) in [6, 6.07) is 9.32. The van der Waals surface area contributed by atoms with Gasteiger partial charge in [-0.1, -0.05) is 19.1 Å². The normalized spacial score (nSPS) is 25.6. The van der Waals surface area contributed by atoms with Gasteiger partial charge in [-0.2, -0.15) is 0 Å². The molecule has 2 unspecified atom stereocenters. The van der Waals surface area contributed by atoms with Crippen LogP contribution in [0.4, 0.5) is 0 Å². The summed E-state index contributed by atoms with van der Waals surface area (Å²) < 4.78 is 5.36. The van der Waals surface area contributed by atoms with Crippen molar-refractivity contribution < 1.29 is 4.74 Å². The Labute approximate surface area is 129 Å². The molecular formula is C18H30N2O. The topological polar surface area (TPSA) is 38.5 Å². The number of nitrogens with two attached hydrogens (primary N) is 1. The van der Waals surface area contributed by atoms with Crippen LogP contribution in [0.5, 0.6) is 5.75 Å². The van der Waals surface area contributed by atoms with Gasteiger partial charge in [0.25, 0.3) is 0 Å². The van der Waals surface area contributed by atoms with Crippen molar-refractivity contribution in [1.82, 2.24) is 4.90 Å². The van der Waals surface area contributed by atoms with Gasteiger partial charge in [-0.25, -0.2) is 0 Å². The lowest BCUT2D eigenvalue weighted by Crippen LogP contribution is -2.44. The Balaban J connectivity index is 2.17. The van der Waals surface area contributed by atoms with E-state index in [9.17, 15) is 0 Å². The van der Waals surface area contributed by atoms with Crippen molar-refractivity contribution in [3.63, 3.8) is 0 Å². The van der Waals surface area contributed by atoms with Gasteiger partial charge in [0.1, 0.15) is 5.75 Å². The fourth-order valence-corrected chi connectivity index (χ4v) is 3.61. The van der Waals surface area contributed by atoms with Crippen LogP contribution < -0.4 is 10.5 Å². The quantitative estimate of drug-likeness (QED) is 0.900. The Hall–Kier alpha value is -1.06. The lowest BCUT2D eigenvalue weighted by molar-refractivity contribution is 0.111. The molecule has 2 N–H and O–H groups in total. The summed E-state index contributed by atoms with van der Waals surface area (Å²) in [7, 11) is 3.94. The maximum absolute atomic E-state index is 6.31. The molecule has 2 atom stereocenters. The third kappa shape index (κ3) is 3.98. The highest BCUT2D eigenvalue weighted by molar-refractivity contribution is 5.31. The highest BCUT2D eigenvalue weighted by Crippen LogP contribution is 2.33. The van der Waals surface area contributed by atoms with E-state index < -0.39 is 0 Å². The largest absolute Gasteiger partial charge is 0.497 e. The smallest absolute Gasteiger partial charge is 0.119 e. The first-order chi connectivity index (χ1) is 10.0. The van der Waals surface area contributed by atoms with Gasteiger partial charge in [0, 0.05) is 18.1 Å². The number of nitrogens with zero attached hydrogens (tertiary/aromatic N) is 1. The molecule has 0 radical (unpaired) electrons. The predicted octanol–water partition coefficient (Wildman–Crippen LogP) is 3.59. The number of methoxy groups -OCH3 is 1. The van der Waals surface area contributed by atoms with E-state index >= 15 is 0 Å². The van der Waals surface area contributed by atoms with Crippen molar-refractivity contribution in [3.05, 3.63) is 29.8 Å². The number of rotatable bonds is 5. The lowest BCUT2D eigenvalue weighted by Gasteiger charge is -2.40. The van der Waals surface area contributed by atoms with E-state index in [1.54, 1.807) is 7.11 Å². The zero-order chi connectivity index (χ0) is 15.4. The summed E-state index contributed by atoms with van der Waals surface area (Å²) in [4.78, 5) is 2.49. The predicted molar refractivity (Wildman–Crippen MR) is 88.6 cm³/mol. The number of ether oxygens (including phenoxy) is 1. The number of hydrogen-bond acceptors (Lipinski definition) is 3. The van der Waals surface area contributed by atoms with Gasteiger partial charge in [-0.3, -0.25) is 4.90 Å². The molecule has 3 nitrogen and oxygen atoms in total. The van der Waals surface area contributed by atoms with Crippen LogP contribution in [-0.2, 0) is 0 Å². The molecule has 0 amide bonds. The Morgan fingerprint density at radius 2 is 1.90 bits per heavy atom. The molecule has 0 heterocycles. The van der Waals surface area contributed by atoms with Gasteiger partial charge in [0.05, 0.1) is 7.11 Å². The standard InChI is InChI=1S/C18H30N2O/c1-13-8-10-16(11-9-13)20(3)18(14(2)19)15-6-5-7-17(12-15)21-4/h5-7,12-14,16,18H,8-11,19H2,1-4H3. The lowest BCUT2D eigenvalue weighted by atomic mass is 9.85. The molecule has 118 valence electrons. The van der Waals surface area contributed by atoms with Gasteiger partial charge in [-0.05, 0) is 63.3 Å². The van der Waals surface area contributed by atoms with E-state index in [1.807, 2.05) is 6.07 Å². The van der Waals surface area contributed by atoms with Crippen molar-refractivity contribution in [1.29, 1.82) is 0 Å². The second-order valence-electron chi connectivity index (χ2n) is 6.66. The summed E-state index contributed by atoms with van der Waals surface area (Å²) in [5.41, 5.74) is 7.57. The molecule has 1 aliphatic rings. The molecule has 3 heteroatoms. The summed E-state index contributed by atoms with van der Waals surface area (Å²) in [5.74, 6) is 1.78. The molecule has 0 aliphatic heterocycles. The van der Waals surface area contributed by atoms with Crippen LogP contribution in [-0.4, -0.2) is 31.1 Å². The molecular weight excluding hydrogens is 260 g/mol. The molecule has 1 saturated carbocycles. The number of likely N-dealkylation sites (N-methyl/N-ethyl adjacent to an activating group) is 1. The molecule has 1 aromatic rings. The minimum Gasteiger partial charge on any atom is -0.497 e. The van der Waals surface area contributed by atoms with Crippen LogP contribution in [0.2, 0.25) is 0 Å². The molecule has 21 heavy (non-hydrogen) atoms. The highest BCUT2D eigenvalue weighted by atomic mass is 16.5. The molecule has 0 bridgehead atoms. The maximum Gasteiger partial charge on any atom is 0.119 e. The van der Waals surface area contributed by atoms with E-state index in [-0.39, 0.29) is 12.1 Å². The maximum atomic E-state index is 6.31. The average Bonchev–Trinajstić information content (AvgIpc) is 2.48. The first-order valence-electron chi connectivity index (χ1n) is 8.14. The van der Waals surface area contributed by atoms with Crippen LogP contribution in [0.15, 0.2) is 24.3 Å². The molecule has 1 aliphatic carbocycles. The van der Waals surface area contributed by atoms with Gasteiger partial charge < -0.3 is 10.5 Å². The van der Waals surface area contributed by atoms with Crippen molar-refractivity contribution >= 4 is 0 Å². The Morgan fingerprint density at radius 1 is 1.24 bits per heavy atom. The summed E-state index contributed by atoms with van der Waals surface area (Å²) in [6.07, 6.45) is 5.23. The van der Waals surface area contributed by atoms with E-state index in [0.29, 0.717) is 6.04 Å². The SMILES string of the molecule is COc1cccc(C(C(C)N)N(C)C2CCC(C)CC2)c1.